The lowest BCUT2D eigenvalue weighted by atomic mass is 9.90. The Morgan fingerprint density at radius 3 is 2.24 bits per heavy atom. The minimum atomic E-state index is -3.10. The van der Waals surface area contributed by atoms with Crippen LogP contribution in [0.4, 0.5) is 5.82 Å². The van der Waals surface area contributed by atoms with Gasteiger partial charge in [0.25, 0.3) is 5.91 Å². The predicted molar refractivity (Wildman–Crippen MR) is 174 cm³/mol. The highest BCUT2D eigenvalue weighted by molar-refractivity contribution is 6.84. The standard InChI is InChI=1S/C31H47N5O7Si2/c1-19(2)44(20(3)4)40-16-24-26(42-45(43-44,21(5)6)22(7)8)31(39,14-15-37)30(41-24)36-18-34-25-27(32-17-33-28(25)36)35-29(38)23-12-10-9-11-13-23/h9-13,17-22,24,26,30,37,39H,14-16H2,1-8H3,(H,32,33,35,38)/t24-,26-,30-,31+/m1/s1. The van der Waals surface area contributed by atoms with Crippen LogP contribution in [0, 0.1) is 0 Å². The van der Waals surface area contributed by atoms with E-state index < -0.39 is 41.2 Å². The maximum absolute atomic E-state index is 12.9. The van der Waals surface area contributed by atoms with Crippen LogP contribution in [0.3, 0.4) is 0 Å². The molecule has 1 aromatic carbocycles. The molecule has 1 amide bonds. The van der Waals surface area contributed by atoms with E-state index in [4.69, 9.17) is 17.7 Å². The third-order valence-electron chi connectivity index (χ3n) is 9.28. The number of aliphatic hydroxyl groups is 2. The first kappa shape index (κ1) is 33.8. The lowest BCUT2D eigenvalue weighted by Gasteiger charge is -2.52. The van der Waals surface area contributed by atoms with Crippen LogP contribution in [0.1, 0.15) is 78.4 Å². The fourth-order valence-electron chi connectivity index (χ4n) is 6.88. The molecule has 0 unspecified atom stereocenters. The lowest BCUT2D eigenvalue weighted by Crippen LogP contribution is -2.67. The van der Waals surface area contributed by atoms with Gasteiger partial charge in [0.15, 0.2) is 23.2 Å². The number of hydrogen-bond donors (Lipinski definition) is 3. The molecule has 2 aromatic heterocycles. The Balaban J connectivity index is 1.58. The smallest absolute Gasteiger partial charge is 0.335 e. The van der Waals surface area contributed by atoms with Gasteiger partial charge < -0.3 is 33.2 Å². The van der Waals surface area contributed by atoms with Gasteiger partial charge >= 0.3 is 17.1 Å². The fraction of sp³-hybridized carbons (Fsp3) is 0.613. The maximum atomic E-state index is 12.9. The van der Waals surface area contributed by atoms with Gasteiger partial charge in [-0.15, -0.1) is 0 Å². The quantitative estimate of drug-likeness (QED) is 0.267. The van der Waals surface area contributed by atoms with Crippen molar-refractivity contribution in [2.45, 2.75) is 108 Å². The van der Waals surface area contributed by atoms with Gasteiger partial charge in [-0.2, -0.15) is 0 Å². The summed E-state index contributed by atoms with van der Waals surface area (Å²) >= 11 is 0. The number of carbonyl (C=O) groups excluding carboxylic acids is 1. The highest BCUT2D eigenvalue weighted by atomic mass is 28.5. The molecule has 0 saturated carbocycles. The first-order valence-corrected chi connectivity index (χ1v) is 19.8. The summed E-state index contributed by atoms with van der Waals surface area (Å²) in [6.07, 6.45) is 0.281. The van der Waals surface area contributed by atoms with E-state index in [2.05, 4.69) is 75.7 Å². The summed E-state index contributed by atoms with van der Waals surface area (Å²) in [7, 11) is -5.94. The summed E-state index contributed by atoms with van der Waals surface area (Å²) in [5, 5.41) is 25.6. The molecular formula is C31H47N5O7Si2. The first-order chi connectivity index (χ1) is 21.3. The number of imidazole rings is 1. The average molecular weight is 658 g/mol. The molecule has 0 bridgehead atoms. The lowest BCUT2D eigenvalue weighted by molar-refractivity contribution is -0.116. The summed E-state index contributed by atoms with van der Waals surface area (Å²) in [4.78, 5) is 26.2. The van der Waals surface area contributed by atoms with Crippen LogP contribution in [0.25, 0.3) is 11.2 Å². The van der Waals surface area contributed by atoms with E-state index in [0.717, 1.165) is 0 Å². The number of anilines is 1. The van der Waals surface area contributed by atoms with Crippen LogP contribution in [-0.2, 0) is 17.7 Å². The van der Waals surface area contributed by atoms with Gasteiger partial charge in [0.1, 0.15) is 24.1 Å². The van der Waals surface area contributed by atoms with Crippen LogP contribution < -0.4 is 5.32 Å². The first-order valence-electron chi connectivity index (χ1n) is 15.8. The Labute approximate surface area is 267 Å². The number of aliphatic hydroxyl groups excluding tert-OH is 1. The fourth-order valence-corrected chi connectivity index (χ4v) is 18.1. The van der Waals surface area contributed by atoms with Crippen molar-refractivity contribution in [3.63, 3.8) is 0 Å². The second kappa shape index (κ2) is 12.9. The SMILES string of the molecule is CC(C)[Si]1(C(C)C)OC[C@H]2O[C@@H](n3cnc4c(NC(=O)c5ccccc5)ncnc43)[C@](O)(CCO)[C@@H]2O[Si](C(C)C)(C(C)C)O1. The van der Waals surface area contributed by atoms with E-state index in [1.165, 1.54) is 12.7 Å². The number of ether oxygens (including phenoxy) is 1. The van der Waals surface area contributed by atoms with Crippen molar-refractivity contribution in [2.75, 3.05) is 18.5 Å². The summed E-state index contributed by atoms with van der Waals surface area (Å²) in [6.45, 7) is 16.9. The number of rotatable bonds is 9. The van der Waals surface area contributed by atoms with Crippen molar-refractivity contribution < 1.29 is 32.7 Å². The number of aromatic nitrogens is 4. The molecule has 3 N–H and O–H groups in total. The third-order valence-corrected chi connectivity index (χ3v) is 19.5. The minimum Gasteiger partial charge on any atom is -0.414 e. The summed E-state index contributed by atoms with van der Waals surface area (Å²) in [6, 6.07) is 8.82. The Morgan fingerprint density at radius 2 is 1.64 bits per heavy atom. The van der Waals surface area contributed by atoms with Gasteiger partial charge in [-0.05, 0) is 34.3 Å². The van der Waals surface area contributed by atoms with Crippen molar-refractivity contribution in [3.05, 3.63) is 48.5 Å². The third kappa shape index (κ3) is 5.80. The van der Waals surface area contributed by atoms with Crippen molar-refractivity contribution >= 4 is 40.0 Å². The maximum Gasteiger partial charge on any atom is 0.335 e. The van der Waals surface area contributed by atoms with Gasteiger partial charge in [0.2, 0.25) is 0 Å². The van der Waals surface area contributed by atoms with E-state index in [1.54, 1.807) is 28.8 Å². The Kier molecular flexibility index (Phi) is 9.69. The molecule has 4 heterocycles. The normalized spacial score (nSPS) is 26.4. The topological polar surface area (TPSA) is 150 Å². The van der Waals surface area contributed by atoms with Gasteiger partial charge in [0, 0.05) is 18.6 Å². The van der Waals surface area contributed by atoms with Gasteiger partial charge in [-0.1, -0.05) is 73.6 Å². The number of nitrogens with zero attached hydrogens (tertiary/aromatic N) is 4. The molecule has 246 valence electrons. The second-order valence-corrected chi connectivity index (χ2v) is 22.2. The number of amides is 1. The van der Waals surface area contributed by atoms with E-state index >= 15 is 0 Å². The molecule has 0 spiro atoms. The number of hydrogen-bond acceptors (Lipinski definition) is 10. The number of benzene rings is 1. The van der Waals surface area contributed by atoms with Crippen molar-refractivity contribution in [1.29, 1.82) is 0 Å². The van der Waals surface area contributed by atoms with Crippen LogP contribution in [-0.4, -0.2) is 83.8 Å². The van der Waals surface area contributed by atoms with E-state index in [-0.39, 0.29) is 53.5 Å². The molecule has 4 atom stereocenters. The van der Waals surface area contributed by atoms with Gasteiger partial charge in [0.05, 0.1) is 12.9 Å². The number of fused-ring (bicyclic) bond motifs is 2. The zero-order valence-corrected chi connectivity index (χ0v) is 29.4. The highest BCUT2D eigenvalue weighted by Crippen LogP contribution is 2.51. The van der Waals surface area contributed by atoms with Crippen molar-refractivity contribution in [1.82, 2.24) is 19.5 Å². The molecular weight excluding hydrogens is 611 g/mol. The number of nitrogens with one attached hydrogen (secondary N) is 1. The van der Waals surface area contributed by atoms with E-state index in [0.29, 0.717) is 16.7 Å². The minimum absolute atomic E-state index is 0.0290. The monoisotopic (exact) mass is 657 g/mol. The Bertz CT molecular complexity index is 1470. The molecule has 45 heavy (non-hydrogen) atoms. The molecule has 2 fully saturated rings. The molecule has 12 nitrogen and oxygen atoms in total. The van der Waals surface area contributed by atoms with Crippen molar-refractivity contribution in [3.8, 4) is 0 Å². The zero-order chi connectivity index (χ0) is 32.7. The summed E-state index contributed by atoms with van der Waals surface area (Å²) in [5.74, 6) is -0.110. The molecule has 0 aliphatic carbocycles. The molecule has 2 aliphatic rings. The molecule has 3 aromatic rings. The molecule has 14 heteroatoms. The molecule has 2 saturated heterocycles. The van der Waals surface area contributed by atoms with Crippen LogP contribution in [0.5, 0.6) is 0 Å². The molecule has 2 aliphatic heterocycles. The highest BCUT2D eigenvalue weighted by Gasteiger charge is 2.65. The van der Waals surface area contributed by atoms with Crippen LogP contribution >= 0.6 is 0 Å². The van der Waals surface area contributed by atoms with E-state index in [9.17, 15) is 15.0 Å². The predicted octanol–water partition coefficient (Wildman–Crippen LogP) is 5.05. The van der Waals surface area contributed by atoms with Crippen LogP contribution in [0.15, 0.2) is 43.0 Å². The zero-order valence-electron chi connectivity index (χ0n) is 27.4. The summed E-state index contributed by atoms with van der Waals surface area (Å²) in [5.41, 5.74) is -0.147. The average Bonchev–Trinajstić information content (AvgIpc) is 3.52. The second-order valence-electron chi connectivity index (χ2n) is 13.4. The van der Waals surface area contributed by atoms with E-state index in [1.807, 2.05) is 6.07 Å². The summed E-state index contributed by atoms with van der Waals surface area (Å²) < 4.78 is 29.6. The Hall–Kier alpha value is -2.57. The van der Waals surface area contributed by atoms with Crippen LogP contribution in [0.2, 0.25) is 22.2 Å². The largest absolute Gasteiger partial charge is 0.414 e. The Morgan fingerprint density at radius 1 is 1.00 bits per heavy atom. The van der Waals surface area contributed by atoms with Gasteiger partial charge in [-0.25, -0.2) is 15.0 Å². The molecule has 5 rings (SSSR count). The van der Waals surface area contributed by atoms with Crippen molar-refractivity contribution in [2.24, 2.45) is 0 Å². The van der Waals surface area contributed by atoms with Gasteiger partial charge in [-0.3, -0.25) is 9.36 Å². The molecule has 0 radical (unpaired) electrons. The number of carbonyl (C=O) groups is 1.